The molecule has 1 amide bonds. The minimum atomic E-state index is -3.52. The number of benzene rings is 2. The lowest BCUT2D eigenvalue weighted by molar-refractivity contribution is -0.121. The molecule has 0 atom stereocenters. The average molecular weight is 463 g/mol. The summed E-state index contributed by atoms with van der Waals surface area (Å²) in [6, 6.07) is 10.9. The number of anilines is 1. The zero-order valence-electron chi connectivity index (χ0n) is 18.7. The molecule has 0 unspecified atom stereocenters. The van der Waals surface area contributed by atoms with Crippen LogP contribution in [0.4, 0.5) is 5.69 Å². The van der Waals surface area contributed by atoms with Gasteiger partial charge in [-0.2, -0.15) is 0 Å². The van der Waals surface area contributed by atoms with Gasteiger partial charge in [0.25, 0.3) is 0 Å². The second-order valence-corrected chi connectivity index (χ2v) is 9.57. The third-order valence-corrected chi connectivity index (χ3v) is 6.41. The van der Waals surface area contributed by atoms with Gasteiger partial charge in [-0.25, -0.2) is 8.42 Å². The molecular weight excluding hydrogens is 432 g/mol. The molecule has 0 saturated heterocycles. The largest absolute Gasteiger partial charge is 0.491 e. The number of ether oxygens (including phenoxy) is 3. The van der Waals surface area contributed by atoms with E-state index in [9.17, 15) is 13.2 Å². The number of nitrogens with one attached hydrogen (secondary N) is 1. The van der Waals surface area contributed by atoms with Crippen molar-refractivity contribution in [3.8, 4) is 17.2 Å². The van der Waals surface area contributed by atoms with Gasteiger partial charge in [-0.3, -0.25) is 9.10 Å². The minimum Gasteiger partial charge on any atom is -0.491 e. The number of aryl methyl sites for hydroxylation is 1. The standard InChI is InChI=1S/C23H30N2O6S/c1-17-6-4-7-20(18(17)2)29-13-11-24-23(26)8-5-12-25(32(3,27)28)19-9-10-21-22(16-19)31-15-14-30-21/h4,6-7,9-10,16H,5,8,11-15H2,1-3H3,(H,24,26). The summed E-state index contributed by atoms with van der Waals surface area (Å²) in [6.07, 6.45) is 1.74. The number of carbonyl (C=O) groups is 1. The highest BCUT2D eigenvalue weighted by Crippen LogP contribution is 2.34. The van der Waals surface area contributed by atoms with Gasteiger partial charge in [0, 0.05) is 19.0 Å². The molecule has 1 N–H and O–H groups in total. The van der Waals surface area contributed by atoms with Crippen molar-refractivity contribution < 1.29 is 27.4 Å². The fraction of sp³-hybridized carbons (Fsp3) is 0.435. The second kappa shape index (κ2) is 10.6. The van der Waals surface area contributed by atoms with Crippen molar-refractivity contribution in [3.05, 3.63) is 47.5 Å². The molecule has 0 bridgehead atoms. The Bertz CT molecular complexity index is 1050. The van der Waals surface area contributed by atoms with Crippen LogP contribution in [-0.2, 0) is 14.8 Å². The van der Waals surface area contributed by atoms with Crippen LogP contribution in [0.5, 0.6) is 17.2 Å². The first-order valence-electron chi connectivity index (χ1n) is 10.6. The predicted molar refractivity (Wildman–Crippen MR) is 123 cm³/mol. The lowest BCUT2D eigenvalue weighted by Crippen LogP contribution is -2.33. The maximum absolute atomic E-state index is 12.3. The Hall–Kier alpha value is -2.94. The first kappa shape index (κ1) is 23.7. The lowest BCUT2D eigenvalue weighted by Gasteiger charge is -2.25. The minimum absolute atomic E-state index is 0.148. The van der Waals surface area contributed by atoms with Crippen molar-refractivity contribution in [1.29, 1.82) is 0 Å². The van der Waals surface area contributed by atoms with Crippen LogP contribution in [0.2, 0.25) is 0 Å². The fourth-order valence-electron chi connectivity index (χ4n) is 3.38. The van der Waals surface area contributed by atoms with Gasteiger partial charge in [0.2, 0.25) is 15.9 Å². The van der Waals surface area contributed by atoms with E-state index in [1.165, 1.54) is 4.31 Å². The second-order valence-electron chi connectivity index (χ2n) is 7.66. The topological polar surface area (TPSA) is 94.2 Å². The molecule has 1 heterocycles. The molecule has 174 valence electrons. The van der Waals surface area contributed by atoms with E-state index in [4.69, 9.17) is 14.2 Å². The Labute approximate surface area is 189 Å². The van der Waals surface area contributed by atoms with Crippen molar-refractivity contribution in [2.45, 2.75) is 26.7 Å². The molecule has 2 aromatic rings. The molecule has 1 aliphatic rings. The summed E-state index contributed by atoms with van der Waals surface area (Å²) in [7, 11) is -3.52. The molecule has 2 aromatic carbocycles. The number of hydrogen-bond donors (Lipinski definition) is 1. The van der Waals surface area contributed by atoms with E-state index in [0.29, 0.717) is 50.0 Å². The quantitative estimate of drug-likeness (QED) is 0.546. The number of fused-ring (bicyclic) bond motifs is 1. The molecule has 0 fully saturated rings. The summed E-state index contributed by atoms with van der Waals surface area (Å²) in [5, 5.41) is 2.81. The Kier molecular flexibility index (Phi) is 7.84. The Morgan fingerprint density at radius 2 is 1.88 bits per heavy atom. The van der Waals surface area contributed by atoms with Gasteiger partial charge in [-0.15, -0.1) is 0 Å². The first-order valence-corrected chi connectivity index (χ1v) is 12.4. The van der Waals surface area contributed by atoms with Crippen LogP contribution < -0.4 is 23.8 Å². The molecule has 8 nitrogen and oxygen atoms in total. The number of sulfonamides is 1. The van der Waals surface area contributed by atoms with Gasteiger partial charge in [-0.1, -0.05) is 12.1 Å². The van der Waals surface area contributed by atoms with E-state index in [0.717, 1.165) is 23.1 Å². The predicted octanol–water partition coefficient (Wildman–Crippen LogP) is 2.82. The van der Waals surface area contributed by atoms with E-state index >= 15 is 0 Å². The number of carbonyl (C=O) groups excluding carboxylic acids is 1. The third kappa shape index (κ3) is 6.29. The van der Waals surface area contributed by atoms with E-state index in [2.05, 4.69) is 5.32 Å². The lowest BCUT2D eigenvalue weighted by atomic mass is 10.1. The summed E-state index contributed by atoms with van der Waals surface area (Å²) in [4.78, 5) is 12.2. The normalized spacial score (nSPS) is 12.8. The van der Waals surface area contributed by atoms with Crippen LogP contribution in [0.25, 0.3) is 0 Å². The number of amides is 1. The van der Waals surface area contributed by atoms with Crippen LogP contribution in [-0.4, -0.2) is 53.5 Å². The zero-order valence-corrected chi connectivity index (χ0v) is 19.5. The molecular formula is C23H30N2O6S. The summed E-state index contributed by atoms with van der Waals surface area (Å²) >= 11 is 0. The highest BCUT2D eigenvalue weighted by molar-refractivity contribution is 7.92. The highest BCUT2D eigenvalue weighted by atomic mass is 32.2. The van der Waals surface area contributed by atoms with Crippen molar-refractivity contribution in [3.63, 3.8) is 0 Å². The van der Waals surface area contributed by atoms with Crippen LogP contribution in [0.1, 0.15) is 24.0 Å². The van der Waals surface area contributed by atoms with Gasteiger partial charge < -0.3 is 19.5 Å². The van der Waals surface area contributed by atoms with Gasteiger partial charge in [0.05, 0.1) is 18.5 Å². The summed E-state index contributed by atoms with van der Waals surface area (Å²) < 4.78 is 42.7. The van der Waals surface area contributed by atoms with Gasteiger partial charge in [0.1, 0.15) is 25.6 Å². The maximum Gasteiger partial charge on any atom is 0.232 e. The van der Waals surface area contributed by atoms with Crippen molar-refractivity contribution in [1.82, 2.24) is 5.32 Å². The average Bonchev–Trinajstić information content (AvgIpc) is 2.76. The molecule has 1 aliphatic heterocycles. The molecule has 0 aliphatic carbocycles. The molecule has 9 heteroatoms. The summed E-state index contributed by atoms with van der Waals surface area (Å²) in [5.41, 5.74) is 2.72. The fourth-order valence-corrected chi connectivity index (χ4v) is 4.33. The third-order valence-electron chi connectivity index (χ3n) is 5.22. The monoisotopic (exact) mass is 462 g/mol. The number of hydrogen-bond acceptors (Lipinski definition) is 6. The Balaban J connectivity index is 1.46. The van der Waals surface area contributed by atoms with Gasteiger partial charge in [0.15, 0.2) is 11.5 Å². The summed E-state index contributed by atoms with van der Waals surface area (Å²) in [5.74, 6) is 1.77. The summed E-state index contributed by atoms with van der Waals surface area (Å²) in [6.45, 7) is 5.83. The van der Waals surface area contributed by atoms with Crippen molar-refractivity contribution >= 4 is 21.6 Å². The highest BCUT2D eigenvalue weighted by Gasteiger charge is 2.21. The molecule has 0 saturated carbocycles. The first-order chi connectivity index (χ1) is 15.3. The molecule has 3 rings (SSSR count). The van der Waals surface area contributed by atoms with Gasteiger partial charge >= 0.3 is 0 Å². The SMILES string of the molecule is Cc1cccc(OCCNC(=O)CCCN(c2ccc3c(c2)OCCO3)S(C)(=O)=O)c1C. The van der Waals surface area contributed by atoms with Crippen LogP contribution >= 0.6 is 0 Å². The Morgan fingerprint density at radius 1 is 1.12 bits per heavy atom. The molecule has 0 spiro atoms. The molecule has 32 heavy (non-hydrogen) atoms. The van der Waals surface area contributed by atoms with Crippen molar-refractivity contribution in [2.75, 3.05) is 43.5 Å². The number of nitrogens with zero attached hydrogens (tertiary/aromatic N) is 1. The van der Waals surface area contributed by atoms with E-state index in [1.807, 2.05) is 32.0 Å². The maximum atomic E-state index is 12.3. The van der Waals surface area contributed by atoms with Crippen LogP contribution in [0, 0.1) is 13.8 Å². The molecule has 0 radical (unpaired) electrons. The molecule has 0 aromatic heterocycles. The van der Waals surface area contributed by atoms with E-state index in [1.54, 1.807) is 18.2 Å². The van der Waals surface area contributed by atoms with Crippen LogP contribution in [0.3, 0.4) is 0 Å². The Morgan fingerprint density at radius 3 is 2.62 bits per heavy atom. The van der Waals surface area contributed by atoms with E-state index < -0.39 is 10.0 Å². The number of rotatable bonds is 10. The van der Waals surface area contributed by atoms with E-state index in [-0.39, 0.29) is 18.9 Å². The zero-order chi connectivity index (χ0) is 23.1. The van der Waals surface area contributed by atoms with Gasteiger partial charge in [-0.05, 0) is 49.6 Å². The van der Waals surface area contributed by atoms with Crippen molar-refractivity contribution in [2.24, 2.45) is 0 Å². The van der Waals surface area contributed by atoms with Crippen LogP contribution in [0.15, 0.2) is 36.4 Å². The smallest absolute Gasteiger partial charge is 0.232 e.